The Balaban J connectivity index is 2.06. The van der Waals surface area contributed by atoms with E-state index in [1.165, 1.54) is 11.1 Å². The number of nitrogens with one attached hydrogen (secondary N) is 1. The molecule has 1 atom stereocenters. The maximum Gasteiger partial charge on any atom is 0.126 e. The Hall–Kier alpha value is -1.39. The van der Waals surface area contributed by atoms with Crippen LogP contribution in [0.25, 0.3) is 0 Å². The van der Waals surface area contributed by atoms with Crippen molar-refractivity contribution in [2.45, 2.75) is 13.0 Å². The molecular formula is C16H20BrN3. The van der Waals surface area contributed by atoms with Crippen LogP contribution in [0.4, 0.5) is 5.82 Å². The molecule has 0 fully saturated rings. The van der Waals surface area contributed by atoms with Gasteiger partial charge in [-0.15, -0.1) is 0 Å². The number of nitrogens with zero attached hydrogens (tertiary/aromatic N) is 2. The van der Waals surface area contributed by atoms with Crippen molar-refractivity contribution in [3.8, 4) is 0 Å². The van der Waals surface area contributed by atoms with Gasteiger partial charge in [-0.3, -0.25) is 0 Å². The van der Waals surface area contributed by atoms with Gasteiger partial charge in [0.25, 0.3) is 0 Å². The topological polar surface area (TPSA) is 28.2 Å². The maximum atomic E-state index is 4.34. The van der Waals surface area contributed by atoms with Crippen molar-refractivity contribution in [1.82, 2.24) is 9.88 Å². The van der Waals surface area contributed by atoms with Crippen LogP contribution in [0, 0.1) is 6.92 Å². The van der Waals surface area contributed by atoms with Gasteiger partial charge in [0.05, 0.1) is 6.04 Å². The maximum absolute atomic E-state index is 4.34. The molecule has 106 valence electrons. The summed E-state index contributed by atoms with van der Waals surface area (Å²) in [5.41, 5.74) is 2.60. The summed E-state index contributed by atoms with van der Waals surface area (Å²) in [6.07, 6.45) is 1.80. The molecule has 0 aliphatic heterocycles. The number of hydrogen-bond donors (Lipinski definition) is 1. The van der Waals surface area contributed by atoms with Gasteiger partial charge < -0.3 is 10.2 Å². The van der Waals surface area contributed by atoms with E-state index in [0.29, 0.717) is 6.04 Å². The first kappa shape index (κ1) is 15.0. The molecule has 1 unspecified atom stereocenters. The molecule has 0 saturated carbocycles. The fraction of sp³-hybridized carbons (Fsp3) is 0.312. The number of aryl methyl sites for hydroxylation is 1. The van der Waals surface area contributed by atoms with Crippen LogP contribution in [0.1, 0.15) is 17.2 Å². The highest BCUT2D eigenvalue weighted by atomic mass is 79.9. The Kier molecular flexibility index (Phi) is 5.15. The molecule has 2 rings (SSSR count). The van der Waals surface area contributed by atoms with E-state index < -0.39 is 0 Å². The minimum absolute atomic E-state index is 0.320. The van der Waals surface area contributed by atoms with Gasteiger partial charge in [0.15, 0.2) is 0 Å². The van der Waals surface area contributed by atoms with Crippen molar-refractivity contribution >= 4 is 21.7 Å². The van der Waals surface area contributed by atoms with E-state index in [9.17, 15) is 0 Å². The highest BCUT2D eigenvalue weighted by Gasteiger charge is 2.13. The third-order valence-electron chi connectivity index (χ3n) is 3.29. The third-order valence-corrected chi connectivity index (χ3v) is 3.76. The summed E-state index contributed by atoms with van der Waals surface area (Å²) >= 11 is 3.39. The number of anilines is 1. The Morgan fingerprint density at radius 1 is 1.15 bits per heavy atom. The molecule has 0 radical (unpaired) electrons. The van der Waals surface area contributed by atoms with Crippen molar-refractivity contribution < 1.29 is 0 Å². The first-order chi connectivity index (χ1) is 9.56. The lowest BCUT2D eigenvalue weighted by Gasteiger charge is -2.25. The molecule has 1 aromatic carbocycles. The molecule has 4 heteroatoms. The van der Waals surface area contributed by atoms with Crippen LogP contribution >= 0.6 is 15.9 Å². The lowest BCUT2D eigenvalue weighted by Crippen LogP contribution is -2.27. The van der Waals surface area contributed by atoms with Gasteiger partial charge in [0.2, 0.25) is 0 Å². The second kappa shape index (κ2) is 6.86. The molecule has 0 amide bonds. The summed E-state index contributed by atoms with van der Waals surface area (Å²) in [5, 5.41) is 3.39. The molecule has 0 aliphatic rings. The number of likely N-dealkylation sites (N-methyl/N-ethyl adjacent to an activating group) is 1. The van der Waals surface area contributed by atoms with Gasteiger partial charge >= 0.3 is 0 Å². The summed E-state index contributed by atoms with van der Waals surface area (Å²) in [5.74, 6) is 0.896. The normalized spacial score (nSPS) is 12.4. The lowest BCUT2D eigenvalue weighted by molar-refractivity contribution is 0.311. The number of rotatable bonds is 5. The Labute approximate surface area is 129 Å². The van der Waals surface area contributed by atoms with Crippen molar-refractivity contribution in [3.05, 3.63) is 58.2 Å². The fourth-order valence-electron chi connectivity index (χ4n) is 2.07. The van der Waals surface area contributed by atoms with Gasteiger partial charge in [-0.05, 0) is 54.6 Å². The van der Waals surface area contributed by atoms with Crippen LogP contribution in [0.15, 0.2) is 47.1 Å². The fourth-order valence-corrected chi connectivity index (χ4v) is 2.30. The summed E-state index contributed by atoms with van der Waals surface area (Å²) in [6, 6.07) is 13.0. The third kappa shape index (κ3) is 4.05. The zero-order valence-corrected chi connectivity index (χ0v) is 13.7. The smallest absolute Gasteiger partial charge is 0.126 e. The van der Waals surface area contributed by atoms with Gasteiger partial charge in [0, 0.05) is 17.2 Å². The summed E-state index contributed by atoms with van der Waals surface area (Å²) in [6.45, 7) is 2.93. The van der Waals surface area contributed by atoms with Crippen molar-refractivity contribution in [3.63, 3.8) is 0 Å². The molecule has 1 N–H and O–H groups in total. The van der Waals surface area contributed by atoms with Gasteiger partial charge in [-0.2, -0.15) is 0 Å². The predicted octanol–water partition coefficient (Wildman–Crippen LogP) is 3.87. The monoisotopic (exact) mass is 333 g/mol. The molecule has 0 aliphatic carbocycles. The number of hydrogen-bond acceptors (Lipinski definition) is 3. The van der Waals surface area contributed by atoms with Crippen LogP contribution in [0.2, 0.25) is 0 Å². The Morgan fingerprint density at radius 2 is 1.85 bits per heavy atom. The summed E-state index contributed by atoms with van der Waals surface area (Å²) in [4.78, 5) is 6.56. The van der Waals surface area contributed by atoms with E-state index in [2.05, 4.69) is 76.4 Å². The SMILES string of the molecule is Cc1ccc(C(CNc2ccc(Br)cn2)N(C)C)cc1. The molecule has 0 saturated heterocycles. The number of halogens is 1. The standard InChI is InChI=1S/C16H20BrN3/c1-12-4-6-13(7-5-12)15(20(2)3)11-19-16-9-8-14(17)10-18-16/h4-10,15H,11H2,1-3H3,(H,18,19). The molecule has 20 heavy (non-hydrogen) atoms. The average molecular weight is 334 g/mol. The number of pyridine rings is 1. The van der Waals surface area contributed by atoms with Gasteiger partial charge in [-0.25, -0.2) is 4.98 Å². The van der Waals surface area contributed by atoms with Crippen LogP contribution in [0.5, 0.6) is 0 Å². The predicted molar refractivity (Wildman–Crippen MR) is 88.0 cm³/mol. The largest absolute Gasteiger partial charge is 0.368 e. The van der Waals surface area contributed by atoms with E-state index in [4.69, 9.17) is 0 Å². The van der Waals surface area contributed by atoms with E-state index in [0.717, 1.165) is 16.8 Å². The average Bonchev–Trinajstić information content (AvgIpc) is 2.43. The van der Waals surface area contributed by atoms with Gasteiger partial charge in [0.1, 0.15) is 5.82 Å². The Bertz CT molecular complexity index is 535. The Morgan fingerprint density at radius 3 is 2.40 bits per heavy atom. The highest BCUT2D eigenvalue weighted by molar-refractivity contribution is 9.10. The number of benzene rings is 1. The zero-order valence-electron chi connectivity index (χ0n) is 12.1. The van der Waals surface area contributed by atoms with Crippen LogP contribution in [-0.4, -0.2) is 30.5 Å². The van der Waals surface area contributed by atoms with Crippen LogP contribution < -0.4 is 5.32 Å². The molecular weight excluding hydrogens is 314 g/mol. The van der Waals surface area contributed by atoms with Gasteiger partial charge in [-0.1, -0.05) is 29.8 Å². The van der Waals surface area contributed by atoms with Crippen LogP contribution in [-0.2, 0) is 0 Å². The second-order valence-corrected chi connectivity index (χ2v) is 6.05. The first-order valence-electron chi connectivity index (χ1n) is 6.64. The molecule has 2 aromatic rings. The first-order valence-corrected chi connectivity index (χ1v) is 7.44. The minimum Gasteiger partial charge on any atom is -0.368 e. The van der Waals surface area contributed by atoms with Crippen LogP contribution in [0.3, 0.4) is 0 Å². The second-order valence-electron chi connectivity index (χ2n) is 5.13. The van der Waals surface area contributed by atoms with Crippen molar-refractivity contribution in [2.75, 3.05) is 26.0 Å². The number of aromatic nitrogens is 1. The zero-order chi connectivity index (χ0) is 14.5. The van der Waals surface area contributed by atoms with E-state index in [1.807, 2.05) is 12.1 Å². The van der Waals surface area contributed by atoms with Crippen molar-refractivity contribution in [1.29, 1.82) is 0 Å². The molecule has 1 aromatic heterocycles. The highest BCUT2D eigenvalue weighted by Crippen LogP contribution is 2.19. The summed E-state index contributed by atoms with van der Waals surface area (Å²) in [7, 11) is 4.20. The quantitative estimate of drug-likeness (QED) is 0.900. The molecule has 0 spiro atoms. The van der Waals surface area contributed by atoms with E-state index in [-0.39, 0.29) is 0 Å². The molecule has 1 heterocycles. The minimum atomic E-state index is 0.320. The summed E-state index contributed by atoms with van der Waals surface area (Å²) < 4.78 is 0.991. The lowest BCUT2D eigenvalue weighted by atomic mass is 10.0. The van der Waals surface area contributed by atoms with E-state index >= 15 is 0 Å². The van der Waals surface area contributed by atoms with Crippen molar-refractivity contribution in [2.24, 2.45) is 0 Å². The van der Waals surface area contributed by atoms with E-state index in [1.54, 1.807) is 6.20 Å². The molecule has 3 nitrogen and oxygen atoms in total. The molecule has 0 bridgehead atoms.